The van der Waals surface area contributed by atoms with Crippen molar-refractivity contribution in [2.75, 3.05) is 13.3 Å². The van der Waals surface area contributed by atoms with Crippen molar-refractivity contribution in [2.45, 2.75) is 24.3 Å². The zero-order valence-corrected chi connectivity index (χ0v) is 12.6. The maximum Gasteiger partial charge on any atom is 0.0897 e. The first kappa shape index (κ1) is 13.6. The van der Waals surface area contributed by atoms with Crippen molar-refractivity contribution in [2.24, 2.45) is 0 Å². The maximum absolute atomic E-state index is 4.53. The van der Waals surface area contributed by atoms with E-state index in [0.717, 1.165) is 11.4 Å². The van der Waals surface area contributed by atoms with E-state index < -0.39 is 0 Å². The second kappa shape index (κ2) is 6.36. The quantitative estimate of drug-likeness (QED) is 0.845. The van der Waals surface area contributed by atoms with Crippen molar-refractivity contribution < 1.29 is 0 Å². The minimum Gasteiger partial charge on any atom is -0.313 e. The van der Waals surface area contributed by atoms with Crippen molar-refractivity contribution in [3.63, 3.8) is 0 Å². The summed E-state index contributed by atoms with van der Waals surface area (Å²) in [5.41, 5.74) is 2.49. The molecule has 2 rings (SSSR count). The summed E-state index contributed by atoms with van der Waals surface area (Å²) in [6.45, 7) is 2.05. The van der Waals surface area contributed by atoms with E-state index in [4.69, 9.17) is 0 Å². The molecule has 1 unspecified atom stereocenters. The summed E-state index contributed by atoms with van der Waals surface area (Å²) in [6.07, 6.45) is 3.04. The van der Waals surface area contributed by atoms with Crippen molar-refractivity contribution in [3.8, 4) is 0 Å². The van der Waals surface area contributed by atoms with Crippen molar-refractivity contribution in [3.05, 3.63) is 45.9 Å². The molecule has 2 nitrogen and oxygen atoms in total. The van der Waals surface area contributed by atoms with Gasteiger partial charge >= 0.3 is 0 Å². The van der Waals surface area contributed by atoms with Gasteiger partial charge in [-0.3, -0.25) is 0 Å². The Labute approximate surface area is 117 Å². The van der Waals surface area contributed by atoms with E-state index >= 15 is 0 Å². The van der Waals surface area contributed by atoms with Gasteiger partial charge in [0.05, 0.1) is 10.7 Å². The lowest BCUT2D eigenvalue weighted by molar-refractivity contribution is 0.585. The Kier molecular flexibility index (Phi) is 4.80. The number of benzene rings is 1. The van der Waals surface area contributed by atoms with Gasteiger partial charge in [0.15, 0.2) is 0 Å². The number of aromatic nitrogens is 1. The second-order valence-corrected chi connectivity index (χ2v) is 6.12. The molecule has 0 fully saturated rings. The third kappa shape index (κ3) is 3.34. The molecule has 2 aromatic rings. The summed E-state index contributed by atoms with van der Waals surface area (Å²) in [6, 6.07) is 9.09. The van der Waals surface area contributed by atoms with Gasteiger partial charge in [-0.1, -0.05) is 12.1 Å². The zero-order valence-electron chi connectivity index (χ0n) is 10.9. The Morgan fingerprint density at radius 2 is 2.06 bits per heavy atom. The zero-order chi connectivity index (χ0) is 13.0. The Hall–Kier alpha value is -0.840. The molecule has 1 N–H and O–H groups in total. The Bertz CT molecular complexity index is 491. The lowest BCUT2D eigenvalue weighted by Crippen LogP contribution is -2.18. The van der Waals surface area contributed by atoms with E-state index in [1.165, 1.54) is 16.2 Å². The van der Waals surface area contributed by atoms with Crippen LogP contribution in [0.15, 0.2) is 34.5 Å². The molecule has 1 aromatic carbocycles. The van der Waals surface area contributed by atoms with Crippen LogP contribution in [0.1, 0.15) is 22.3 Å². The highest BCUT2D eigenvalue weighted by atomic mass is 32.2. The minimum atomic E-state index is 0.336. The fraction of sp³-hybridized carbons (Fsp3) is 0.357. The molecule has 0 radical (unpaired) electrons. The van der Waals surface area contributed by atoms with Crippen LogP contribution in [0, 0.1) is 6.92 Å². The van der Waals surface area contributed by atoms with Crippen LogP contribution >= 0.6 is 23.1 Å². The normalized spacial score (nSPS) is 12.6. The SMILES string of the molecule is CNC(Cc1csc(C)n1)c1ccc(SC)cc1. The van der Waals surface area contributed by atoms with E-state index in [-0.39, 0.29) is 0 Å². The summed E-state index contributed by atoms with van der Waals surface area (Å²) >= 11 is 3.49. The number of hydrogen-bond donors (Lipinski definition) is 1. The minimum absolute atomic E-state index is 0.336. The first-order chi connectivity index (χ1) is 8.72. The van der Waals surface area contributed by atoms with Gasteiger partial charge in [-0.25, -0.2) is 4.98 Å². The number of likely N-dealkylation sites (N-methyl/N-ethyl adjacent to an activating group) is 1. The smallest absolute Gasteiger partial charge is 0.0897 e. The summed E-state index contributed by atoms with van der Waals surface area (Å²) in [5, 5.41) is 6.66. The summed E-state index contributed by atoms with van der Waals surface area (Å²) < 4.78 is 0. The Morgan fingerprint density at radius 1 is 1.33 bits per heavy atom. The van der Waals surface area contributed by atoms with Crippen LogP contribution in [0.2, 0.25) is 0 Å². The van der Waals surface area contributed by atoms with E-state index in [0.29, 0.717) is 6.04 Å². The lowest BCUT2D eigenvalue weighted by Gasteiger charge is -2.15. The molecule has 4 heteroatoms. The Balaban J connectivity index is 2.12. The number of nitrogens with one attached hydrogen (secondary N) is 1. The highest BCUT2D eigenvalue weighted by Gasteiger charge is 2.11. The van der Waals surface area contributed by atoms with Gasteiger partial charge in [0, 0.05) is 22.7 Å². The molecule has 1 aromatic heterocycles. The van der Waals surface area contributed by atoms with Crippen LogP contribution in [0.4, 0.5) is 0 Å². The van der Waals surface area contributed by atoms with Crippen LogP contribution in [0.25, 0.3) is 0 Å². The molecule has 0 aliphatic carbocycles. The van der Waals surface area contributed by atoms with E-state index in [9.17, 15) is 0 Å². The molecule has 1 atom stereocenters. The average Bonchev–Trinajstić information content (AvgIpc) is 2.82. The van der Waals surface area contributed by atoms with Gasteiger partial charge in [0.1, 0.15) is 0 Å². The first-order valence-electron chi connectivity index (χ1n) is 5.95. The fourth-order valence-corrected chi connectivity index (χ4v) is 2.97. The summed E-state index contributed by atoms with van der Waals surface area (Å²) in [4.78, 5) is 5.84. The number of rotatable bonds is 5. The molecule has 0 aliphatic heterocycles. The third-order valence-corrected chi connectivity index (χ3v) is 4.51. The molecule has 0 amide bonds. The number of thiazole rings is 1. The maximum atomic E-state index is 4.53. The van der Waals surface area contributed by atoms with Gasteiger partial charge in [-0.05, 0) is 37.9 Å². The predicted octanol–water partition coefficient (Wildman–Crippen LogP) is 3.68. The monoisotopic (exact) mass is 278 g/mol. The van der Waals surface area contributed by atoms with E-state index in [2.05, 4.69) is 53.1 Å². The molecule has 96 valence electrons. The van der Waals surface area contributed by atoms with E-state index in [1.807, 2.05) is 7.05 Å². The first-order valence-corrected chi connectivity index (χ1v) is 8.05. The summed E-state index contributed by atoms with van der Waals surface area (Å²) in [5.74, 6) is 0. The third-order valence-electron chi connectivity index (χ3n) is 2.95. The van der Waals surface area contributed by atoms with Crippen molar-refractivity contribution in [1.29, 1.82) is 0 Å². The van der Waals surface area contributed by atoms with Crippen LogP contribution in [-0.2, 0) is 6.42 Å². The molecular weight excluding hydrogens is 260 g/mol. The number of thioether (sulfide) groups is 1. The highest BCUT2D eigenvalue weighted by Crippen LogP contribution is 2.22. The van der Waals surface area contributed by atoms with Crippen LogP contribution < -0.4 is 5.32 Å². The highest BCUT2D eigenvalue weighted by molar-refractivity contribution is 7.98. The fourth-order valence-electron chi connectivity index (χ4n) is 1.93. The van der Waals surface area contributed by atoms with Gasteiger partial charge in [0.2, 0.25) is 0 Å². The Morgan fingerprint density at radius 3 is 2.56 bits per heavy atom. The van der Waals surface area contributed by atoms with Crippen LogP contribution in [0.3, 0.4) is 0 Å². The molecular formula is C14H18N2S2. The predicted molar refractivity (Wildman–Crippen MR) is 80.6 cm³/mol. The molecule has 0 spiro atoms. The standard InChI is InChI=1S/C14H18N2S2/c1-10-16-12(9-18-10)8-14(15-2)11-4-6-13(17-3)7-5-11/h4-7,9,14-15H,8H2,1-3H3. The number of nitrogens with zero attached hydrogens (tertiary/aromatic N) is 1. The largest absolute Gasteiger partial charge is 0.313 e. The lowest BCUT2D eigenvalue weighted by atomic mass is 10.0. The molecule has 18 heavy (non-hydrogen) atoms. The van der Waals surface area contributed by atoms with Gasteiger partial charge in [-0.2, -0.15) is 0 Å². The van der Waals surface area contributed by atoms with Gasteiger partial charge in [-0.15, -0.1) is 23.1 Å². The van der Waals surface area contributed by atoms with Gasteiger partial charge < -0.3 is 5.32 Å². The molecule has 0 saturated carbocycles. The van der Waals surface area contributed by atoms with E-state index in [1.54, 1.807) is 23.1 Å². The summed E-state index contributed by atoms with van der Waals surface area (Å²) in [7, 11) is 2.01. The molecule has 1 heterocycles. The van der Waals surface area contributed by atoms with Crippen molar-refractivity contribution in [1.82, 2.24) is 10.3 Å². The van der Waals surface area contributed by atoms with Crippen LogP contribution in [-0.4, -0.2) is 18.3 Å². The molecule has 0 aliphatic rings. The van der Waals surface area contributed by atoms with Gasteiger partial charge in [0.25, 0.3) is 0 Å². The number of aryl methyl sites for hydroxylation is 1. The van der Waals surface area contributed by atoms with Crippen molar-refractivity contribution >= 4 is 23.1 Å². The number of hydrogen-bond acceptors (Lipinski definition) is 4. The van der Waals surface area contributed by atoms with Crippen LogP contribution in [0.5, 0.6) is 0 Å². The molecule has 0 saturated heterocycles. The molecule has 0 bridgehead atoms. The second-order valence-electron chi connectivity index (χ2n) is 4.18. The topological polar surface area (TPSA) is 24.9 Å². The average molecular weight is 278 g/mol.